The maximum atomic E-state index is 11.3. The van der Waals surface area contributed by atoms with Gasteiger partial charge in [0, 0.05) is 12.1 Å². The van der Waals surface area contributed by atoms with Crippen LogP contribution in [0.4, 0.5) is 0 Å². The van der Waals surface area contributed by atoms with Crippen molar-refractivity contribution in [3.05, 3.63) is 22.9 Å². The summed E-state index contributed by atoms with van der Waals surface area (Å²) in [4.78, 5) is 15.4. The Labute approximate surface area is 103 Å². The minimum atomic E-state index is -0.307. The van der Waals surface area contributed by atoms with E-state index in [9.17, 15) is 4.79 Å². The van der Waals surface area contributed by atoms with E-state index in [2.05, 4.69) is 15.2 Å². The Morgan fingerprint density at radius 3 is 3.11 bits per heavy atom. The van der Waals surface area contributed by atoms with Crippen molar-refractivity contribution in [1.29, 1.82) is 0 Å². The first-order valence-electron chi connectivity index (χ1n) is 6.09. The van der Waals surface area contributed by atoms with E-state index in [1.54, 1.807) is 6.07 Å². The summed E-state index contributed by atoms with van der Waals surface area (Å²) >= 11 is 0. The van der Waals surface area contributed by atoms with E-state index >= 15 is 0 Å². The molecule has 2 atom stereocenters. The van der Waals surface area contributed by atoms with Crippen molar-refractivity contribution in [3.8, 4) is 5.88 Å². The van der Waals surface area contributed by atoms with Gasteiger partial charge in [0.15, 0.2) is 5.65 Å². The maximum Gasteiger partial charge on any atom is 0.348 e. The molecule has 2 aromatic rings. The standard InChI is InChI=1S/C11H15N5O2/c12-7-3-1-2-4-8(7)18-10-5-9-14-15-11(17)16(9)6-13-10/h5-8H,1-4,12H2,(H,15,17). The van der Waals surface area contributed by atoms with Gasteiger partial charge in [-0.3, -0.25) is 0 Å². The molecule has 18 heavy (non-hydrogen) atoms. The first-order valence-corrected chi connectivity index (χ1v) is 6.09. The number of hydrogen-bond acceptors (Lipinski definition) is 5. The van der Waals surface area contributed by atoms with Gasteiger partial charge in [-0.25, -0.2) is 19.3 Å². The molecule has 0 saturated heterocycles. The first kappa shape index (κ1) is 11.2. The van der Waals surface area contributed by atoms with Crippen LogP contribution >= 0.6 is 0 Å². The number of nitrogens with two attached hydrogens (primary N) is 1. The molecule has 7 nitrogen and oxygen atoms in total. The molecule has 96 valence electrons. The second kappa shape index (κ2) is 4.41. The second-order valence-corrected chi connectivity index (χ2v) is 4.59. The van der Waals surface area contributed by atoms with E-state index in [0.29, 0.717) is 11.5 Å². The van der Waals surface area contributed by atoms with E-state index in [-0.39, 0.29) is 17.8 Å². The monoisotopic (exact) mass is 249 g/mol. The number of aromatic nitrogens is 4. The van der Waals surface area contributed by atoms with Gasteiger partial charge in [0.1, 0.15) is 12.4 Å². The first-order chi connectivity index (χ1) is 8.74. The molecule has 2 unspecified atom stereocenters. The average molecular weight is 249 g/mol. The summed E-state index contributed by atoms with van der Waals surface area (Å²) in [5.41, 5.74) is 6.20. The number of aromatic amines is 1. The quantitative estimate of drug-likeness (QED) is 0.784. The predicted molar refractivity (Wildman–Crippen MR) is 64.5 cm³/mol. The van der Waals surface area contributed by atoms with Crippen LogP contribution in [0.1, 0.15) is 25.7 Å². The molecule has 2 heterocycles. The molecule has 3 N–H and O–H groups in total. The average Bonchev–Trinajstić information content (AvgIpc) is 2.74. The van der Waals surface area contributed by atoms with Crippen LogP contribution in [0.2, 0.25) is 0 Å². The molecule has 0 aromatic carbocycles. The minimum absolute atomic E-state index is 0.000589. The van der Waals surface area contributed by atoms with Gasteiger partial charge in [-0.15, -0.1) is 0 Å². The van der Waals surface area contributed by atoms with Gasteiger partial charge >= 0.3 is 5.69 Å². The number of fused-ring (bicyclic) bond motifs is 1. The number of ether oxygens (including phenoxy) is 1. The molecule has 1 aliphatic rings. The normalized spacial score (nSPS) is 24.3. The molecule has 3 rings (SSSR count). The highest BCUT2D eigenvalue weighted by Gasteiger charge is 2.23. The molecule has 1 saturated carbocycles. The lowest BCUT2D eigenvalue weighted by Crippen LogP contribution is -2.41. The van der Waals surface area contributed by atoms with Crippen LogP contribution in [0.3, 0.4) is 0 Å². The number of H-pyrrole nitrogens is 1. The SMILES string of the molecule is NC1CCCCC1Oc1cc2n[nH]c(=O)n2cn1. The van der Waals surface area contributed by atoms with Gasteiger partial charge in [0.2, 0.25) is 5.88 Å². The highest BCUT2D eigenvalue weighted by molar-refractivity contribution is 5.39. The Morgan fingerprint density at radius 2 is 2.28 bits per heavy atom. The molecule has 0 radical (unpaired) electrons. The van der Waals surface area contributed by atoms with Gasteiger partial charge in [-0.05, 0) is 19.3 Å². The fraction of sp³-hybridized carbons (Fsp3) is 0.545. The highest BCUT2D eigenvalue weighted by Crippen LogP contribution is 2.21. The summed E-state index contributed by atoms with van der Waals surface area (Å²) in [6.07, 6.45) is 5.62. The Morgan fingerprint density at radius 1 is 1.44 bits per heavy atom. The lowest BCUT2D eigenvalue weighted by Gasteiger charge is -2.28. The third kappa shape index (κ3) is 1.97. The van der Waals surface area contributed by atoms with Gasteiger partial charge in [-0.2, -0.15) is 5.10 Å². The van der Waals surface area contributed by atoms with Crippen molar-refractivity contribution in [2.45, 2.75) is 37.8 Å². The molecular formula is C11H15N5O2. The van der Waals surface area contributed by atoms with Crippen molar-refractivity contribution in [2.24, 2.45) is 5.73 Å². The fourth-order valence-corrected chi connectivity index (χ4v) is 2.28. The van der Waals surface area contributed by atoms with Crippen molar-refractivity contribution < 1.29 is 4.74 Å². The second-order valence-electron chi connectivity index (χ2n) is 4.59. The molecule has 0 spiro atoms. The van der Waals surface area contributed by atoms with E-state index in [1.807, 2.05) is 0 Å². The van der Waals surface area contributed by atoms with Crippen LogP contribution in [0.5, 0.6) is 5.88 Å². The topological polar surface area (TPSA) is 98.3 Å². The Bertz CT molecular complexity index is 605. The number of rotatable bonds is 2. The molecule has 0 amide bonds. The maximum absolute atomic E-state index is 11.3. The van der Waals surface area contributed by atoms with Gasteiger partial charge in [0.05, 0.1) is 0 Å². The van der Waals surface area contributed by atoms with Crippen LogP contribution in [0.25, 0.3) is 5.65 Å². The fourth-order valence-electron chi connectivity index (χ4n) is 2.28. The lowest BCUT2D eigenvalue weighted by molar-refractivity contribution is 0.126. The molecule has 2 aromatic heterocycles. The summed E-state index contributed by atoms with van der Waals surface area (Å²) in [6, 6.07) is 1.69. The Kier molecular flexibility index (Phi) is 2.75. The Balaban J connectivity index is 1.83. The van der Waals surface area contributed by atoms with E-state index in [0.717, 1.165) is 25.7 Å². The van der Waals surface area contributed by atoms with Crippen molar-refractivity contribution >= 4 is 5.65 Å². The summed E-state index contributed by atoms with van der Waals surface area (Å²) in [7, 11) is 0. The van der Waals surface area contributed by atoms with Gasteiger partial charge < -0.3 is 10.5 Å². The zero-order valence-corrected chi connectivity index (χ0v) is 9.87. The molecule has 7 heteroatoms. The third-order valence-corrected chi connectivity index (χ3v) is 3.31. The molecule has 0 aliphatic heterocycles. The van der Waals surface area contributed by atoms with Crippen LogP contribution in [-0.4, -0.2) is 31.7 Å². The molecule has 1 fully saturated rings. The largest absolute Gasteiger partial charge is 0.473 e. The van der Waals surface area contributed by atoms with E-state index in [4.69, 9.17) is 10.5 Å². The van der Waals surface area contributed by atoms with Crippen molar-refractivity contribution in [1.82, 2.24) is 19.6 Å². The summed E-state index contributed by atoms with van der Waals surface area (Å²) in [5.74, 6) is 0.462. The van der Waals surface area contributed by atoms with Crippen LogP contribution < -0.4 is 16.2 Å². The zero-order chi connectivity index (χ0) is 12.5. The van der Waals surface area contributed by atoms with Crippen LogP contribution in [-0.2, 0) is 0 Å². The van der Waals surface area contributed by atoms with E-state index in [1.165, 1.54) is 10.7 Å². The number of nitrogens with one attached hydrogen (secondary N) is 1. The van der Waals surface area contributed by atoms with Crippen molar-refractivity contribution in [3.63, 3.8) is 0 Å². The smallest absolute Gasteiger partial charge is 0.348 e. The number of hydrogen-bond donors (Lipinski definition) is 2. The predicted octanol–water partition coefficient (Wildman–Crippen LogP) is 0.0663. The minimum Gasteiger partial charge on any atom is -0.473 e. The molecular weight excluding hydrogens is 234 g/mol. The summed E-state index contributed by atoms with van der Waals surface area (Å²) < 4.78 is 7.11. The zero-order valence-electron chi connectivity index (χ0n) is 9.87. The van der Waals surface area contributed by atoms with Crippen LogP contribution in [0, 0.1) is 0 Å². The van der Waals surface area contributed by atoms with Gasteiger partial charge in [0.25, 0.3) is 0 Å². The highest BCUT2D eigenvalue weighted by atomic mass is 16.5. The number of nitrogens with zero attached hydrogens (tertiary/aromatic N) is 3. The summed E-state index contributed by atoms with van der Waals surface area (Å²) in [6.45, 7) is 0. The third-order valence-electron chi connectivity index (χ3n) is 3.31. The Hall–Kier alpha value is -1.89. The lowest BCUT2D eigenvalue weighted by atomic mass is 9.93. The summed E-state index contributed by atoms with van der Waals surface area (Å²) in [5, 5.41) is 6.22. The van der Waals surface area contributed by atoms with E-state index < -0.39 is 0 Å². The van der Waals surface area contributed by atoms with Gasteiger partial charge in [-0.1, -0.05) is 6.42 Å². The van der Waals surface area contributed by atoms with Crippen LogP contribution in [0.15, 0.2) is 17.2 Å². The van der Waals surface area contributed by atoms with Crippen molar-refractivity contribution in [2.75, 3.05) is 0 Å². The molecule has 0 bridgehead atoms. The molecule has 1 aliphatic carbocycles.